The minimum atomic E-state index is -4.36. The zero-order chi connectivity index (χ0) is 27.9. The van der Waals surface area contributed by atoms with Crippen molar-refractivity contribution in [3.05, 3.63) is 59.5 Å². The number of nitrogens with zero attached hydrogens (tertiary/aromatic N) is 4. The van der Waals surface area contributed by atoms with E-state index in [1.165, 1.54) is 4.57 Å². The maximum absolute atomic E-state index is 13.4. The Labute approximate surface area is 227 Å². The Bertz CT molecular complexity index is 1350. The number of anilines is 1. The summed E-state index contributed by atoms with van der Waals surface area (Å²) in [6.07, 6.45) is 0.246. The molecule has 1 aliphatic rings. The SMILES string of the molecule is CC(C)(C#N)c1ccc(NCC#Cc2cc3cc(CCCCN4CCOCC4)ccc3n2CC(F)(F)F)cn1. The highest BCUT2D eigenvalue weighted by Gasteiger charge is 2.29. The molecule has 39 heavy (non-hydrogen) atoms. The summed E-state index contributed by atoms with van der Waals surface area (Å²) in [6, 6.07) is 13.2. The lowest BCUT2D eigenvalue weighted by atomic mass is 9.91. The molecule has 206 valence electrons. The Morgan fingerprint density at radius 1 is 1.08 bits per heavy atom. The minimum Gasteiger partial charge on any atom is -0.379 e. The third kappa shape index (κ3) is 7.98. The Morgan fingerprint density at radius 2 is 1.87 bits per heavy atom. The molecule has 0 spiro atoms. The van der Waals surface area contributed by atoms with Crippen LogP contribution in [0.25, 0.3) is 10.9 Å². The van der Waals surface area contributed by atoms with Crippen LogP contribution in [0.15, 0.2) is 42.6 Å². The van der Waals surface area contributed by atoms with E-state index in [-0.39, 0.29) is 6.54 Å². The van der Waals surface area contributed by atoms with Gasteiger partial charge in [0.25, 0.3) is 0 Å². The average molecular weight is 538 g/mol. The van der Waals surface area contributed by atoms with E-state index < -0.39 is 18.1 Å². The summed E-state index contributed by atoms with van der Waals surface area (Å²) in [5.74, 6) is 5.86. The molecule has 1 N–H and O–H groups in total. The van der Waals surface area contributed by atoms with Gasteiger partial charge >= 0.3 is 6.18 Å². The normalized spacial score (nSPS) is 14.6. The number of nitrogens with one attached hydrogen (secondary N) is 1. The van der Waals surface area contributed by atoms with Crippen LogP contribution in [0.2, 0.25) is 0 Å². The summed E-state index contributed by atoms with van der Waals surface area (Å²) in [5.41, 5.74) is 2.67. The number of alkyl halides is 3. The van der Waals surface area contributed by atoms with E-state index in [2.05, 4.69) is 33.1 Å². The molecule has 0 atom stereocenters. The number of unbranched alkanes of at least 4 members (excludes halogenated alkanes) is 1. The molecule has 1 aliphatic heterocycles. The van der Waals surface area contributed by atoms with Gasteiger partial charge in [0.05, 0.1) is 54.5 Å². The average Bonchev–Trinajstić information content (AvgIpc) is 3.24. The van der Waals surface area contributed by atoms with E-state index in [0.717, 1.165) is 68.7 Å². The van der Waals surface area contributed by atoms with Gasteiger partial charge in [0.2, 0.25) is 0 Å². The van der Waals surface area contributed by atoms with Gasteiger partial charge < -0.3 is 14.6 Å². The van der Waals surface area contributed by atoms with Crippen LogP contribution < -0.4 is 5.32 Å². The monoisotopic (exact) mass is 537 g/mol. The predicted octanol–water partition coefficient (Wildman–Crippen LogP) is 5.52. The minimum absolute atomic E-state index is 0.241. The lowest BCUT2D eigenvalue weighted by molar-refractivity contribution is -0.140. The van der Waals surface area contributed by atoms with Crippen LogP contribution in [0.5, 0.6) is 0 Å². The van der Waals surface area contributed by atoms with Crippen molar-refractivity contribution in [3.8, 4) is 17.9 Å². The number of fused-ring (bicyclic) bond motifs is 1. The fourth-order valence-electron chi connectivity index (χ4n) is 4.62. The molecule has 0 radical (unpaired) electrons. The Morgan fingerprint density at radius 3 is 2.56 bits per heavy atom. The molecule has 6 nitrogen and oxygen atoms in total. The van der Waals surface area contributed by atoms with Crippen LogP contribution in [0.4, 0.5) is 18.9 Å². The summed E-state index contributed by atoms with van der Waals surface area (Å²) < 4.78 is 46.8. The quantitative estimate of drug-likeness (QED) is 0.288. The second kappa shape index (κ2) is 12.5. The number of nitriles is 1. The summed E-state index contributed by atoms with van der Waals surface area (Å²) in [5, 5.41) is 13.1. The van der Waals surface area contributed by atoms with Gasteiger partial charge in [-0.25, -0.2) is 0 Å². The van der Waals surface area contributed by atoms with Gasteiger partial charge in [0.1, 0.15) is 6.54 Å². The number of hydrogen-bond acceptors (Lipinski definition) is 5. The van der Waals surface area contributed by atoms with Gasteiger partial charge in [-0.1, -0.05) is 12.0 Å². The zero-order valence-corrected chi connectivity index (χ0v) is 22.4. The second-order valence-electron chi connectivity index (χ2n) is 10.4. The second-order valence-corrected chi connectivity index (χ2v) is 10.4. The number of halogens is 3. The first-order chi connectivity index (χ1) is 18.6. The van der Waals surface area contributed by atoms with Gasteiger partial charge in [-0.2, -0.15) is 18.4 Å². The fourth-order valence-corrected chi connectivity index (χ4v) is 4.62. The topological polar surface area (TPSA) is 66.1 Å². The van der Waals surface area contributed by atoms with Crippen LogP contribution in [0.1, 0.15) is 43.6 Å². The van der Waals surface area contributed by atoms with Crippen molar-refractivity contribution in [1.29, 1.82) is 5.26 Å². The number of hydrogen-bond donors (Lipinski definition) is 1. The number of pyridine rings is 1. The first kappa shape index (κ1) is 28.5. The standard InChI is InChI=1S/C30H34F3N5O/c1-29(2,21-34)28-11-9-25(20-36-28)35-12-5-7-26-19-24-18-23(6-3-4-13-37-14-16-39-17-15-37)8-10-27(24)38(26)22-30(31,32)33/h8-11,18-20,35H,3-4,6,12-17,22H2,1-2H3. The van der Waals surface area contributed by atoms with E-state index in [4.69, 9.17) is 4.74 Å². The van der Waals surface area contributed by atoms with Crippen molar-refractivity contribution < 1.29 is 17.9 Å². The molecule has 1 aromatic carbocycles. The van der Waals surface area contributed by atoms with Crippen LogP contribution in [0.3, 0.4) is 0 Å². The molecular weight excluding hydrogens is 503 g/mol. The van der Waals surface area contributed by atoms with Crippen molar-refractivity contribution >= 4 is 16.6 Å². The van der Waals surface area contributed by atoms with Gasteiger partial charge in [0.15, 0.2) is 0 Å². The van der Waals surface area contributed by atoms with E-state index in [1.807, 2.05) is 18.2 Å². The Balaban J connectivity index is 1.42. The molecule has 9 heteroatoms. The van der Waals surface area contributed by atoms with E-state index in [0.29, 0.717) is 16.9 Å². The van der Waals surface area contributed by atoms with Crippen LogP contribution in [-0.2, 0) is 23.1 Å². The number of aryl methyl sites for hydroxylation is 1. The van der Waals surface area contributed by atoms with E-state index in [9.17, 15) is 18.4 Å². The molecule has 2 aromatic heterocycles. The maximum Gasteiger partial charge on any atom is 0.406 e. The molecule has 0 aliphatic carbocycles. The van der Waals surface area contributed by atoms with Gasteiger partial charge in [-0.3, -0.25) is 9.88 Å². The van der Waals surface area contributed by atoms with Gasteiger partial charge in [-0.15, -0.1) is 0 Å². The van der Waals surface area contributed by atoms with E-state index in [1.54, 1.807) is 38.2 Å². The highest BCUT2D eigenvalue weighted by atomic mass is 19.4. The van der Waals surface area contributed by atoms with Crippen molar-refractivity contribution in [2.24, 2.45) is 0 Å². The van der Waals surface area contributed by atoms with E-state index >= 15 is 0 Å². The van der Waals surface area contributed by atoms with Crippen molar-refractivity contribution in [2.45, 2.75) is 51.2 Å². The number of benzene rings is 1. The lowest BCUT2D eigenvalue weighted by Crippen LogP contribution is -2.36. The molecular formula is C30H34F3N5O. The number of aromatic nitrogens is 2. The Kier molecular flexibility index (Phi) is 9.16. The lowest BCUT2D eigenvalue weighted by Gasteiger charge is -2.26. The van der Waals surface area contributed by atoms with Crippen molar-refractivity contribution in [1.82, 2.24) is 14.5 Å². The molecule has 1 saturated heterocycles. The van der Waals surface area contributed by atoms with Crippen molar-refractivity contribution in [2.75, 3.05) is 44.7 Å². The van der Waals surface area contributed by atoms with Crippen molar-refractivity contribution in [3.63, 3.8) is 0 Å². The predicted molar refractivity (Wildman–Crippen MR) is 146 cm³/mol. The summed E-state index contributed by atoms with van der Waals surface area (Å²) in [6.45, 7) is 7.31. The Hall–Kier alpha value is -3.53. The summed E-state index contributed by atoms with van der Waals surface area (Å²) in [4.78, 5) is 6.74. The largest absolute Gasteiger partial charge is 0.406 e. The third-order valence-electron chi connectivity index (χ3n) is 6.88. The highest BCUT2D eigenvalue weighted by molar-refractivity contribution is 5.83. The molecule has 3 heterocycles. The van der Waals surface area contributed by atoms with Crippen LogP contribution in [0, 0.1) is 23.2 Å². The first-order valence-corrected chi connectivity index (χ1v) is 13.2. The van der Waals surface area contributed by atoms with Gasteiger partial charge in [-0.05, 0) is 81.5 Å². The fraction of sp³-hybridized carbons (Fsp3) is 0.467. The summed E-state index contributed by atoms with van der Waals surface area (Å²) in [7, 11) is 0. The molecule has 4 rings (SSSR count). The van der Waals surface area contributed by atoms with Gasteiger partial charge in [0, 0.05) is 24.0 Å². The third-order valence-corrected chi connectivity index (χ3v) is 6.88. The maximum atomic E-state index is 13.4. The molecule has 0 bridgehead atoms. The summed E-state index contributed by atoms with van der Waals surface area (Å²) >= 11 is 0. The number of morpholine rings is 1. The number of ether oxygens (including phenoxy) is 1. The zero-order valence-electron chi connectivity index (χ0n) is 22.4. The van der Waals surface area contributed by atoms with Crippen LogP contribution >= 0.6 is 0 Å². The molecule has 0 saturated carbocycles. The highest BCUT2D eigenvalue weighted by Crippen LogP contribution is 2.27. The molecule has 1 fully saturated rings. The van der Waals surface area contributed by atoms with Crippen LogP contribution in [-0.4, -0.2) is 60.0 Å². The molecule has 3 aromatic rings. The first-order valence-electron chi connectivity index (χ1n) is 13.2. The smallest absolute Gasteiger partial charge is 0.379 e. The molecule has 0 unspecified atom stereocenters. The number of rotatable bonds is 9. The molecule has 0 amide bonds.